The third-order valence-electron chi connectivity index (χ3n) is 8.35. The molecule has 13 heteroatoms. The zero-order valence-corrected chi connectivity index (χ0v) is 27.4. The van der Waals surface area contributed by atoms with Crippen molar-refractivity contribution >= 4 is 28.5 Å². The van der Waals surface area contributed by atoms with Crippen molar-refractivity contribution in [1.29, 1.82) is 0 Å². The van der Waals surface area contributed by atoms with Crippen molar-refractivity contribution in [1.82, 2.24) is 20.2 Å². The summed E-state index contributed by atoms with van der Waals surface area (Å²) in [5.41, 5.74) is 2.84. The average Bonchev–Trinajstić information content (AvgIpc) is 3.31. The third-order valence-corrected chi connectivity index (χ3v) is 8.35. The van der Waals surface area contributed by atoms with E-state index in [0.717, 1.165) is 16.7 Å². The quantitative estimate of drug-likeness (QED) is 0.132. The van der Waals surface area contributed by atoms with Crippen molar-refractivity contribution in [2.75, 3.05) is 39.7 Å². The monoisotopic (exact) mass is 657 g/mol. The van der Waals surface area contributed by atoms with Gasteiger partial charge in [0.05, 0.1) is 44.1 Å². The van der Waals surface area contributed by atoms with Gasteiger partial charge in [0.15, 0.2) is 11.5 Å². The van der Waals surface area contributed by atoms with E-state index in [9.17, 15) is 24.0 Å². The van der Waals surface area contributed by atoms with Crippen LogP contribution < -0.4 is 46.7 Å². The molecule has 5 rings (SSSR count). The second-order valence-electron chi connectivity index (χ2n) is 11.4. The van der Waals surface area contributed by atoms with Crippen molar-refractivity contribution in [3.8, 4) is 28.4 Å². The van der Waals surface area contributed by atoms with Gasteiger partial charge in [-0.15, -0.1) is 0 Å². The number of ether oxygens (including phenoxy) is 3. The summed E-state index contributed by atoms with van der Waals surface area (Å²) < 4.78 is 18.4. The predicted octanol–water partition coefficient (Wildman–Crippen LogP) is 2.87. The molecule has 48 heavy (non-hydrogen) atoms. The van der Waals surface area contributed by atoms with Crippen molar-refractivity contribution < 1.29 is 23.8 Å². The highest BCUT2D eigenvalue weighted by atomic mass is 16.5. The molecular weight excluding hydrogens is 618 g/mol. The molecule has 0 unspecified atom stereocenters. The molecule has 0 saturated heterocycles. The summed E-state index contributed by atoms with van der Waals surface area (Å²) in [5, 5.41) is 8.94. The van der Waals surface area contributed by atoms with Crippen LogP contribution in [0.1, 0.15) is 43.4 Å². The van der Waals surface area contributed by atoms with Crippen molar-refractivity contribution in [2.24, 2.45) is 0 Å². The lowest BCUT2D eigenvalue weighted by Crippen LogP contribution is -2.39. The normalized spacial score (nSPS) is 13.5. The first-order valence-corrected chi connectivity index (χ1v) is 15.7. The summed E-state index contributed by atoms with van der Waals surface area (Å²) >= 11 is 0. The van der Waals surface area contributed by atoms with Crippen LogP contribution >= 0.6 is 0 Å². The topological polar surface area (TPSA) is 170 Å². The first kappa shape index (κ1) is 33.8. The van der Waals surface area contributed by atoms with E-state index < -0.39 is 17.2 Å². The van der Waals surface area contributed by atoms with E-state index in [-0.39, 0.29) is 36.8 Å². The van der Waals surface area contributed by atoms with Crippen LogP contribution in [0.3, 0.4) is 0 Å². The zero-order valence-electron chi connectivity index (χ0n) is 27.4. The van der Waals surface area contributed by atoms with Crippen LogP contribution in [0.5, 0.6) is 17.2 Å². The molecule has 0 aliphatic heterocycles. The molecule has 1 heterocycles. The number of rotatable bonds is 12. The van der Waals surface area contributed by atoms with E-state index in [1.54, 1.807) is 44.6 Å². The first-order valence-electron chi connectivity index (χ1n) is 15.7. The Hall–Kier alpha value is -5.59. The number of hydrogen-bond acceptors (Lipinski definition) is 9. The van der Waals surface area contributed by atoms with Gasteiger partial charge in [0.2, 0.25) is 23.0 Å². The fourth-order valence-corrected chi connectivity index (χ4v) is 6.17. The number of aromatic amines is 1. The van der Waals surface area contributed by atoms with E-state index in [1.807, 2.05) is 12.1 Å². The fraction of sp³-hybridized carbons (Fsp3) is 0.343. The second-order valence-corrected chi connectivity index (χ2v) is 11.4. The fourth-order valence-electron chi connectivity index (χ4n) is 6.17. The third kappa shape index (κ3) is 7.04. The first-order chi connectivity index (χ1) is 23.2. The van der Waals surface area contributed by atoms with Gasteiger partial charge >= 0.3 is 11.1 Å². The highest BCUT2D eigenvalue weighted by Crippen LogP contribution is 2.50. The largest absolute Gasteiger partial charge is 0.493 e. The maximum Gasteiger partial charge on any atom is 0.316 e. The molecule has 4 aromatic rings. The molecule has 1 aliphatic carbocycles. The molecule has 4 N–H and O–H groups in total. The van der Waals surface area contributed by atoms with Crippen LogP contribution in [-0.2, 0) is 22.6 Å². The van der Waals surface area contributed by atoms with Crippen LogP contribution in [0.2, 0.25) is 0 Å². The van der Waals surface area contributed by atoms with E-state index in [2.05, 4.69) is 20.9 Å². The number of amides is 2. The molecule has 2 amide bonds. The van der Waals surface area contributed by atoms with Crippen molar-refractivity contribution in [3.63, 3.8) is 0 Å². The number of nitrogens with zero attached hydrogens (tertiary/aromatic N) is 1. The molecule has 0 spiro atoms. The minimum Gasteiger partial charge on any atom is -0.493 e. The van der Waals surface area contributed by atoms with E-state index in [4.69, 9.17) is 14.2 Å². The predicted molar refractivity (Wildman–Crippen MR) is 182 cm³/mol. The van der Waals surface area contributed by atoms with E-state index in [0.29, 0.717) is 65.3 Å². The summed E-state index contributed by atoms with van der Waals surface area (Å²) in [5.74, 6) is 0.964. The minimum absolute atomic E-state index is 0.143. The number of carbonyl (C=O) groups is 2. The number of nitrogens with one attached hydrogen (secondary N) is 4. The summed E-state index contributed by atoms with van der Waals surface area (Å²) in [6.45, 7) is 2.10. The number of carbonyl (C=O) groups excluding carboxylic acids is 2. The van der Waals surface area contributed by atoms with Gasteiger partial charge in [0.1, 0.15) is 0 Å². The van der Waals surface area contributed by atoms with Crippen LogP contribution in [0, 0.1) is 0 Å². The van der Waals surface area contributed by atoms with Gasteiger partial charge in [-0.3, -0.25) is 24.0 Å². The summed E-state index contributed by atoms with van der Waals surface area (Å²) in [6.07, 6.45) is 1.75. The molecule has 0 fully saturated rings. The molecule has 13 nitrogen and oxygen atoms in total. The number of hydrogen-bond donors (Lipinski definition) is 4. The number of aromatic nitrogens is 2. The van der Waals surface area contributed by atoms with Gasteiger partial charge in [0.25, 0.3) is 0 Å². The Morgan fingerprint density at radius 1 is 0.958 bits per heavy atom. The van der Waals surface area contributed by atoms with Crippen LogP contribution in [0.4, 0.5) is 5.69 Å². The summed E-state index contributed by atoms with van der Waals surface area (Å²) in [6, 6.07) is 13.5. The molecule has 252 valence electrons. The molecule has 0 bridgehead atoms. The Bertz CT molecular complexity index is 2040. The van der Waals surface area contributed by atoms with Crippen molar-refractivity contribution in [2.45, 2.75) is 45.2 Å². The Kier molecular flexibility index (Phi) is 10.5. The maximum atomic E-state index is 13.5. The Morgan fingerprint density at radius 3 is 2.46 bits per heavy atom. The molecule has 0 radical (unpaired) electrons. The molecule has 1 aromatic heterocycles. The van der Waals surface area contributed by atoms with Gasteiger partial charge in [-0.2, -0.15) is 0 Å². The van der Waals surface area contributed by atoms with Gasteiger partial charge in [-0.25, -0.2) is 0 Å². The lowest BCUT2D eigenvalue weighted by Gasteiger charge is -2.19. The molecule has 1 aliphatic rings. The number of para-hydroxylation sites is 2. The summed E-state index contributed by atoms with van der Waals surface area (Å²) in [4.78, 5) is 65.2. The number of methoxy groups -OCH3 is 3. The minimum atomic E-state index is -0.719. The van der Waals surface area contributed by atoms with Gasteiger partial charge in [-0.1, -0.05) is 18.2 Å². The smallest absolute Gasteiger partial charge is 0.316 e. The number of benzene rings is 2. The number of aryl methyl sites for hydroxylation is 1. The highest BCUT2D eigenvalue weighted by Gasteiger charge is 2.29. The molecular formula is C35H39N5O8. The SMILES string of the molecule is COc1cc2c(c(OC)c1OC)-c1ccc(NCCCC(=O)NCCn3c(=O)c(=O)[nH]c4ccccc43)c(=O)cc1[C@@H](NC(C)=O)CC2. The lowest BCUT2D eigenvalue weighted by atomic mass is 9.95. The Labute approximate surface area is 276 Å². The lowest BCUT2D eigenvalue weighted by molar-refractivity contribution is -0.121. The zero-order chi connectivity index (χ0) is 34.4. The number of fused-ring (bicyclic) bond motifs is 4. The molecule has 0 saturated carbocycles. The number of anilines is 1. The maximum absolute atomic E-state index is 13.5. The van der Waals surface area contributed by atoms with Crippen LogP contribution in [0.25, 0.3) is 22.2 Å². The molecule has 1 atom stereocenters. The van der Waals surface area contributed by atoms with E-state index in [1.165, 1.54) is 24.7 Å². The van der Waals surface area contributed by atoms with Crippen LogP contribution in [-0.4, -0.2) is 55.8 Å². The van der Waals surface area contributed by atoms with Crippen LogP contribution in [0.15, 0.2) is 62.9 Å². The standard InChI is InChI=1S/C35H39N5O8/c1-20(41)38-24-13-11-21-18-29(46-2)32(47-3)33(48-4)31(21)22-12-14-26(28(42)19-23(22)24)36-15-7-10-30(43)37-16-17-40-27-9-6-5-8-25(27)39-34(44)35(40)45/h5-6,8-9,12,14,18-19,24H,7,10-11,13,15-17H2,1-4H3,(H,36,42)(H,37,43)(H,38,41)(H,39,44)/t24-/m0/s1. The number of H-pyrrole nitrogens is 1. The van der Waals surface area contributed by atoms with E-state index >= 15 is 0 Å². The highest BCUT2D eigenvalue weighted by molar-refractivity contribution is 5.84. The Balaban J connectivity index is 1.30. The second kappa shape index (κ2) is 14.9. The molecule has 3 aromatic carbocycles. The van der Waals surface area contributed by atoms with Crippen molar-refractivity contribution in [3.05, 3.63) is 90.6 Å². The van der Waals surface area contributed by atoms with Gasteiger partial charge < -0.3 is 39.7 Å². The summed E-state index contributed by atoms with van der Waals surface area (Å²) in [7, 11) is 4.63. The van der Waals surface area contributed by atoms with Gasteiger partial charge in [-0.05, 0) is 66.3 Å². The Morgan fingerprint density at radius 2 is 1.73 bits per heavy atom. The average molecular weight is 658 g/mol. The van der Waals surface area contributed by atoms with Gasteiger partial charge in [0, 0.05) is 38.5 Å².